The fourth-order valence-electron chi connectivity index (χ4n) is 3.88. The highest BCUT2D eigenvalue weighted by Crippen LogP contribution is 2.45. The molecule has 1 aliphatic carbocycles. The molecule has 0 aromatic carbocycles. The van der Waals surface area contributed by atoms with Gasteiger partial charge in [-0.3, -0.25) is 9.69 Å². The molecule has 0 atom stereocenters. The summed E-state index contributed by atoms with van der Waals surface area (Å²) in [5, 5.41) is 3.20. The topological polar surface area (TPSA) is 36.4 Å². The van der Waals surface area contributed by atoms with Crippen LogP contribution in [0.25, 0.3) is 0 Å². The highest BCUT2D eigenvalue weighted by atomic mass is 32.1. The average molecular weight is 323 g/mol. The molecule has 2 saturated heterocycles. The van der Waals surface area contributed by atoms with Gasteiger partial charge in [0.25, 0.3) is 5.91 Å². The number of hydrogen-bond donors (Lipinski definition) is 0. The Morgan fingerprint density at radius 2 is 1.95 bits per heavy atom. The lowest BCUT2D eigenvalue weighted by Crippen LogP contribution is -2.47. The molecule has 120 valence electrons. The number of nitrogens with zero attached hydrogens (tertiary/aromatic N) is 3. The van der Waals surface area contributed by atoms with Gasteiger partial charge in [-0.1, -0.05) is 0 Å². The van der Waals surface area contributed by atoms with Crippen molar-refractivity contribution in [3.8, 4) is 0 Å². The standard InChI is InChI=1S/C16H22FN3OS/c17-16(1-2-16)14(21)20-8-4-15(5-9-20)3-7-19(12-15)11-13-18-6-10-22-13/h6,10H,1-5,7-9,11-12H2. The van der Waals surface area contributed by atoms with Gasteiger partial charge in [0.05, 0.1) is 6.54 Å². The molecular formula is C16H22FN3OS. The van der Waals surface area contributed by atoms with Gasteiger partial charge in [0.15, 0.2) is 5.67 Å². The highest BCUT2D eigenvalue weighted by Gasteiger charge is 2.54. The van der Waals surface area contributed by atoms with E-state index in [2.05, 4.69) is 9.88 Å². The SMILES string of the molecule is O=C(N1CCC2(CCN(Cc3nccs3)C2)CC1)C1(F)CC1. The van der Waals surface area contributed by atoms with Crippen molar-refractivity contribution < 1.29 is 9.18 Å². The molecule has 2 aliphatic heterocycles. The van der Waals surface area contributed by atoms with Gasteiger partial charge in [0, 0.05) is 31.2 Å². The van der Waals surface area contributed by atoms with Crippen LogP contribution in [0.4, 0.5) is 4.39 Å². The van der Waals surface area contributed by atoms with E-state index >= 15 is 0 Å². The van der Waals surface area contributed by atoms with Crippen LogP contribution in [0.3, 0.4) is 0 Å². The Labute approximate surface area is 134 Å². The van der Waals surface area contributed by atoms with Gasteiger partial charge in [0.1, 0.15) is 5.01 Å². The average Bonchev–Trinajstić information content (AvgIpc) is 2.93. The lowest BCUT2D eigenvalue weighted by atomic mass is 9.77. The van der Waals surface area contributed by atoms with Crippen molar-refractivity contribution in [2.45, 2.75) is 44.3 Å². The summed E-state index contributed by atoms with van der Waals surface area (Å²) in [6, 6.07) is 0. The minimum absolute atomic E-state index is 0.250. The Balaban J connectivity index is 1.32. The van der Waals surface area contributed by atoms with E-state index in [-0.39, 0.29) is 5.91 Å². The van der Waals surface area contributed by atoms with Crippen LogP contribution < -0.4 is 0 Å². The van der Waals surface area contributed by atoms with Gasteiger partial charge in [0.2, 0.25) is 0 Å². The van der Waals surface area contributed by atoms with E-state index in [0.717, 1.165) is 45.6 Å². The molecule has 22 heavy (non-hydrogen) atoms. The summed E-state index contributed by atoms with van der Waals surface area (Å²) in [6.07, 6.45) is 5.94. The summed E-state index contributed by atoms with van der Waals surface area (Å²) in [5.41, 5.74) is -1.17. The third-order valence-electron chi connectivity index (χ3n) is 5.54. The maximum atomic E-state index is 13.9. The van der Waals surface area contributed by atoms with Gasteiger partial charge >= 0.3 is 0 Å². The number of aromatic nitrogens is 1. The lowest BCUT2D eigenvalue weighted by Gasteiger charge is -2.39. The molecule has 0 radical (unpaired) electrons. The maximum absolute atomic E-state index is 13.9. The Bertz CT molecular complexity index is 550. The Hall–Kier alpha value is -1.01. The first-order valence-corrected chi connectivity index (χ1v) is 9.06. The number of carbonyl (C=O) groups is 1. The van der Waals surface area contributed by atoms with E-state index in [0.29, 0.717) is 18.3 Å². The molecule has 6 heteroatoms. The van der Waals surface area contributed by atoms with Crippen LogP contribution in [-0.2, 0) is 11.3 Å². The molecule has 3 fully saturated rings. The Morgan fingerprint density at radius 1 is 1.23 bits per heavy atom. The van der Waals surface area contributed by atoms with Gasteiger partial charge in [-0.05, 0) is 44.1 Å². The Kier molecular flexibility index (Phi) is 3.49. The van der Waals surface area contributed by atoms with E-state index in [4.69, 9.17) is 0 Å². The number of halogens is 1. The molecule has 4 nitrogen and oxygen atoms in total. The van der Waals surface area contributed by atoms with Gasteiger partial charge < -0.3 is 4.90 Å². The van der Waals surface area contributed by atoms with Gasteiger partial charge in [-0.25, -0.2) is 9.37 Å². The van der Waals surface area contributed by atoms with Gasteiger partial charge in [-0.15, -0.1) is 11.3 Å². The molecule has 1 amide bonds. The van der Waals surface area contributed by atoms with Crippen LogP contribution in [0.2, 0.25) is 0 Å². The second kappa shape index (κ2) is 5.27. The number of likely N-dealkylation sites (tertiary alicyclic amines) is 2. The summed E-state index contributed by atoms with van der Waals surface area (Å²) in [5.74, 6) is -0.250. The van der Waals surface area contributed by atoms with Crippen LogP contribution in [-0.4, -0.2) is 52.5 Å². The first kappa shape index (κ1) is 14.6. The van der Waals surface area contributed by atoms with Crippen molar-refractivity contribution in [1.82, 2.24) is 14.8 Å². The quantitative estimate of drug-likeness (QED) is 0.857. The summed E-state index contributed by atoms with van der Waals surface area (Å²) >= 11 is 1.71. The zero-order valence-electron chi connectivity index (χ0n) is 12.8. The van der Waals surface area contributed by atoms with E-state index in [1.54, 1.807) is 16.2 Å². The second-order valence-electron chi connectivity index (χ2n) is 7.14. The number of alkyl halides is 1. The van der Waals surface area contributed by atoms with Crippen LogP contribution in [0.15, 0.2) is 11.6 Å². The van der Waals surface area contributed by atoms with Crippen molar-refractivity contribution in [3.63, 3.8) is 0 Å². The van der Waals surface area contributed by atoms with Gasteiger partial charge in [-0.2, -0.15) is 0 Å². The molecule has 4 rings (SSSR count). The predicted octanol–water partition coefficient (Wildman–Crippen LogP) is 2.46. The van der Waals surface area contributed by atoms with Crippen LogP contribution in [0, 0.1) is 5.41 Å². The summed E-state index contributed by atoms with van der Waals surface area (Å²) in [6.45, 7) is 4.61. The summed E-state index contributed by atoms with van der Waals surface area (Å²) < 4.78 is 13.9. The fourth-order valence-corrected chi connectivity index (χ4v) is 4.54. The first-order chi connectivity index (χ1) is 10.6. The molecule has 1 saturated carbocycles. The molecule has 3 aliphatic rings. The van der Waals surface area contributed by atoms with E-state index in [1.165, 1.54) is 11.4 Å². The van der Waals surface area contributed by atoms with Crippen molar-refractivity contribution in [1.29, 1.82) is 0 Å². The molecule has 1 spiro atoms. The van der Waals surface area contributed by atoms with E-state index < -0.39 is 5.67 Å². The van der Waals surface area contributed by atoms with Crippen LogP contribution >= 0.6 is 11.3 Å². The number of piperidine rings is 1. The highest BCUT2D eigenvalue weighted by molar-refractivity contribution is 7.09. The van der Waals surface area contributed by atoms with Crippen molar-refractivity contribution >= 4 is 17.2 Å². The normalized spacial score (nSPS) is 26.5. The molecule has 0 N–H and O–H groups in total. The molecular weight excluding hydrogens is 301 g/mol. The van der Waals surface area contributed by atoms with E-state index in [9.17, 15) is 9.18 Å². The Morgan fingerprint density at radius 3 is 2.59 bits per heavy atom. The molecule has 0 bridgehead atoms. The summed E-state index contributed by atoms with van der Waals surface area (Å²) in [4.78, 5) is 20.7. The predicted molar refractivity (Wildman–Crippen MR) is 83.3 cm³/mol. The lowest BCUT2D eigenvalue weighted by molar-refractivity contribution is -0.140. The van der Waals surface area contributed by atoms with Crippen molar-refractivity contribution in [3.05, 3.63) is 16.6 Å². The molecule has 1 aromatic rings. The molecule has 0 unspecified atom stereocenters. The third-order valence-corrected chi connectivity index (χ3v) is 6.31. The van der Waals surface area contributed by atoms with Crippen molar-refractivity contribution in [2.24, 2.45) is 5.41 Å². The number of hydrogen-bond acceptors (Lipinski definition) is 4. The maximum Gasteiger partial charge on any atom is 0.260 e. The largest absolute Gasteiger partial charge is 0.340 e. The zero-order valence-corrected chi connectivity index (χ0v) is 13.6. The zero-order chi connectivity index (χ0) is 15.2. The number of carbonyl (C=O) groups excluding carboxylic acids is 1. The molecule has 1 aromatic heterocycles. The third kappa shape index (κ3) is 2.67. The number of amides is 1. The minimum Gasteiger partial charge on any atom is -0.340 e. The van der Waals surface area contributed by atoms with Crippen LogP contribution in [0.5, 0.6) is 0 Å². The van der Waals surface area contributed by atoms with Crippen molar-refractivity contribution in [2.75, 3.05) is 26.2 Å². The first-order valence-electron chi connectivity index (χ1n) is 8.18. The molecule has 3 heterocycles. The second-order valence-corrected chi connectivity index (χ2v) is 8.12. The number of rotatable bonds is 3. The number of thiazole rings is 1. The van der Waals surface area contributed by atoms with E-state index in [1.807, 2.05) is 11.6 Å². The monoisotopic (exact) mass is 323 g/mol. The summed E-state index contributed by atoms with van der Waals surface area (Å²) in [7, 11) is 0. The minimum atomic E-state index is -1.50. The van der Waals surface area contributed by atoms with Crippen LogP contribution in [0.1, 0.15) is 37.1 Å². The smallest absolute Gasteiger partial charge is 0.260 e. The fraction of sp³-hybridized carbons (Fsp3) is 0.750.